The SMILES string of the molecule is Nc1ncnc2c1ncn2[C@@H]1O[C@@H]2CO[P+](=O)O[C@H]3C[C@H](n4cnc5c(N)ncnc54)O[C@@H]3CO[P+](=O)O[C@@H]1[C@@H]2O. The zero-order chi connectivity index (χ0) is 28.2. The first-order valence-electron chi connectivity index (χ1n) is 12.3. The summed E-state index contributed by atoms with van der Waals surface area (Å²) in [6.07, 6.45) is -1.32. The van der Waals surface area contributed by atoms with Gasteiger partial charge in [-0.2, -0.15) is 0 Å². The van der Waals surface area contributed by atoms with Gasteiger partial charge in [0.1, 0.15) is 67.5 Å². The van der Waals surface area contributed by atoms with Gasteiger partial charge >= 0.3 is 16.5 Å². The fourth-order valence-electron chi connectivity index (χ4n) is 5.00. The molecule has 0 spiro atoms. The Morgan fingerprint density at radius 2 is 1.39 bits per heavy atom. The van der Waals surface area contributed by atoms with Gasteiger partial charge in [-0.05, 0) is 0 Å². The second kappa shape index (κ2) is 10.5. The molecule has 4 aromatic rings. The standard InChI is InChI=1S/C20H22N10O9P2/c21-16-12-18(25-4-23-16)29(6-27-12)11-1-8-9(36-11)2-34-41(33)39-15-14(31)10(3-35-40(32)38-8)37-20(15)30-7-28-13-17(22)24-5-26-19(13)30/h4-11,14-15,20,31H,1-3H2,(H2,21,23,25)(H2,22,24,26)/q+2/t8-,9+,10+,11+,14+,15+,20+/m0/s1. The molecule has 3 aliphatic rings. The van der Waals surface area contributed by atoms with Gasteiger partial charge < -0.3 is 26.0 Å². The van der Waals surface area contributed by atoms with E-state index in [-0.39, 0.29) is 31.3 Å². The summed E-state index contributed by atoms with van der Waals surface area (Å²) in [5.41, 5.74) is 13.2. The number of nitrogens with zero attached hydrogens (tertiary/aromatic N) is 8. The van der Waals surface area contributed by atoms with Crippen molar-refractivity contribution in [2.45, 2.75) is 49.4 Å². The Bertz CT molecular complexity index is 1650. The summed E-state index contributed by atoms with van der Waals surface area (Å²) < 4.78 is 63.2. The molecule has 3 aliphatic heterocycles. The summed E-state index contributed by atoms with van der Waals surface area (Å²) in [4.78, 5) is 24.7. The smallest absolute Gasteiger partial charge is 0.387 e. The quantitative estimate of drug-likeness (QED) is 0.262. The Balaban J connectivity index is 1.13. The van der Waals surface area contributed by atoms with E-state index in [1.807, 2.05) is 0 Å². The zero-order valence-corrected chi connectivity index (χ0v) is 22.6. The second-order valence-corrected chi connectivity index (χ2v) is 11.2. The van der Waals surface area contributed by atoms with Crippen LogP contribution in [0, 0.1) is 0 Å². The number of nitrogens with two attached hydrogens (primary N) is 2. The molecule has 21 heteroatoms. The van der Waals surface area contributed by atoms with E-state index in [0.717, 1.165) is 0 Å². The summed E-state index contributed by atoms with van der Waals surface area (Å²) in [6.45, 7) is -0.600. The topological polar surface area (TPSA) is 249 Å². The minimum absolute atomic E-state index is 0.138. The van der Waals surface area contributed by atoms with E-state index in [4.69, 9.17) is 39.0 Å². The molecule has 41 heavy (non-hydrogen) atoms. The monoisotopic (exact) mass is 608 g/mol. The summed E-state index contributed by atoms with van der Waals surface area (Å²) >= 11 is 0. The molecule has 3 saturated heterocycles. The van der Waals surface area contributed by atoms with Gasteiger partial charge in [-0.25, -0.2) is 29.9 Å². The van der Waals surface area contributed by atoms with Gasteiger partial charge in [0.25, 0.3) is 0 Å². The van der Waals surface area contributed by atoms with E-state index < -0.39 is 59.5 Å². The maximum Gasteiger partial charge on any atom is 0.698 e. The molecule has 0 radical (unpaired) electrons. The van der Waals surface area contributed by atoms with E-state index in [2.05, 4.69) is 29.9 Å². The fourth-order valence-corrected chi connectivity index (χ4v) is 6.53. The first-order chi connectivity index (χ1) is 19.9. The average Bonchev–Trinajstić information content (AvgIpc) is 3.72. The van der Waals surface area contributed by atoms with E-state index >= 15 is 0 Å². The molecule has 0 saturated carbocycles. The van der Waals surface area contributed by atoms with Crippen molar-refractivity contribution in [3.8, 4) is 0 Å². The highest BCUT2D eigenvalue weighted by Gasteiger charge is 2.54. The maximum absolute atomic E-state index is 13.0. The van der Waals surface area contributed by atoms with Crippen molar-refractivity contribution in [3.63, 3.8) is 0 Å². The zero-order valence-electron chi connectivity index (χ0n) is 20.8. The molecule has 9 atom stereocenters. The molecule has 214 valence electrons. The molecule has 7 heterocycles. The summed E-state index contributed by atoms with van der Waals surface area (Å²) in [7, 11) is -5.50. The van der Waals surface area contributed by atoms with Crippen LogP contribution in [-0.2, 0) is 36.7 Å². The minimum Gasteiger partial charge on any atom is -0.387 e. The van der Waals surface area contributed by atoms with Crippen molar-refractivity contribution in [2.75, 3.05) is 24.7 Å². The Labute approximate surface area is 231 Å². The van der Waals surface area contributed by atoms with E-state index in [0.29, 0.717) is 22.3 Å². The van der Waals surface area contributed by atoms with E-state index in [1.165, 1.54) is 29.9 Å². The van der Waals surface area contributed by atoms with E-state index in [9.17, 15) is 14.2 Å². The van der Waals surface area contributed by atoms with Crippen molar-refractivity contribution in [1.82, 2.24) is 39.0 Å². The predicted molar refractivity (Wildman–Crippen MR) is 135 cm³/mol. The second-order valence-electron chi connectivity index (χ2n) is 9.34. The number of imidazole rings is 2. The van der Waals surface area contributed by atoms with Crippen LogP contribution in [0.5, 0.6) is 0 Å². The Kier molecular flexibility index (Phi) is 6.77. The highest BCUT2D eigenvalue weighted by atomic mass is 31.1. The highest BCUT2D eigenvalue weighted by molar-refractivity contribution is 7.33. The largest absolute Gasteiger partial charge is 0.698 e. The van der Waals surface area contributed by atoms with Gasteiger partial charge in [-0.1, -0.05) is 0 Å². The average molecular weight is 608 g/mol. The van der Waals surface area contributed by atoms with Gasteiger partial charge in [-0.15, -0.1) is 18.1 Å². The van der Waals surface area contributed by atoms with Crippen molar-refractivity contribution >= 4 is 50.5 Å². The van der Waals surface area contributed by atoms with Crippen molar-refractivity contribution in [2.24, 2.45) is 0 Å². The number of aliphatic hydroxyl groups is 1. The third kappa shape index (κ3) is 4.70. The number of aliphatic hydroxyl groups excluding tert-OH is 1. The number of aromatic nitrogens is 8. The van der Waals surface area contributed by atoms with Crippen LogP contribution in [0.25, 0.3) is 22.3 Å². The lowest BCUT2D eigenvalue weighted by molar-refractivity contribution is -0.0555. The van der Waals surface area contributed by atoms with Gasteiger partial charge in [0.05, 0.1) is 12.7 Å². The van der Waals surface area contributed by atoms with Crippen LogP contribution >= 0.6 is 16.5 Å². The number of fused-ring (bicyclic) bond motifs is 5. The third-order valence-electron chi connectivity index (χ3n) is 6.97. The number of anilines is 2. The lowest BCUT2D eigenvalue weighted by Crippen LogP contribution is -2.34. The van der Waals surface area contributed by atoms with Gasteiger partial charge in [0.2, 0.25) is 0 Å². The van der Waals surface area contributed by atoms with Crippen LogP contribution in [0.4, 0.5) is 11.6 Å². The van der Waals surface area contributed by atoms with Crippen molar-refractivity contribution in [1.29, 1.82) is 0 Å². The molecule has 0 aliphatic carbocycles. The Morgan fingerprint density at radius 3 is 2.10 bits per heavy atom. The highest BCUT2D eigenvalue weighted by Crippen LogP contribution is 2.44. The molecular weight excluding hydrogens is 586 g/mol. The molecule has 2 bridgehead atoms. The number of ether oxygens (including phenoxy) is 2. The Morgan fingerprint density at radius 1 is 0.780 bits per heavy atom. The minimum atomic E-state index is -2.80. The van der Waals surface area contributed by atoms with Gasteiger partial charge in [-0.3, -0.25) is 9.13 Å². The van der Waals surface area contributed by atoms with Gasteiger partial charge in [0, 0.05) is 15.6 Å². The number of hydrogen-bond acceptors (Lipinski definition) is 17. The first-order valence-corrected chi connectivity index (χ1v) is 14.5. The van der Waals surface area contributed by atoms with Crippen LogP contribution in [-0.4, -0.2) is 87.9 Å². The first kappa shape index (κ1) is 26.5. The van der Waals surface area contributed by atoms with Gasteiger partial charge in [0.15, 0.2) is 35.3 Å². The van der Waals surface area contributed by atoms with Crippen molar-refractivity contribution in [3.05, 3.63) is 25.3 Å². The van der Waals surface area contributed by atoms with Crippen molar-refractivity contribution < 1.29 is 41.8 Å². The molecule has 7 rings (SSSR count). The lowest BCUT2D eigenvalue weighted by Gasteiger charge is -2.17. The third-order valence-corrected chi connectivity index (χ3v) is 8.55. The predicted octanol–water partition coefficient (Wildman–Crippen LogP) is 0.508. The molecule has 19 nitrogen and oxygen atoms in total. The Hall–Kier alpha value is -3.38. The van der Waals surface area contributed by atoms with E-state index in [1.54, 1.807) is 4.57 Å². The van der Waals surface area contributed by atoms with Crippen LogP contribution in [0.15, 0.2) is 25.3 Å². The molecule has 0 aromatic carbocycles. The maximum atomic E-state index is 13.0. The fraction of sp³-hybridized carbons (Fsp3) is 0.500. The van der Waals surface area contributed by atoms with Crippen LogP contribution < -0.4 is 11.5 Å². The number of rotatable bonds is 2. The molecule has 5 N–H and O–H groups in total. The lowest BCUT2D eigenvalue weighted by atomic mass is 10.1. The summed E-state index contributed by atoms with van der Waals surface area (Å²) in [6, 6.07) is 0. The molecule has 4 aromatic heterocycles. The molecular formula is C20H22N10O9P2+2. The molecule has 2 unspecified atom stereocenters. The van der Waals surface area contributed by atoms with Crippen LogP contribution in [0.2, 0.25) is 0 Å². The summed E-state index contributed by atoms with van der Waals surface area (Å²) in [5.74, 6) is 0.343. The van der Waals surface area contributed by atoms with Crippen LogP contribution in [0.3, 0.4) is 0 Å². The van der Waals surface area contributed by atoms with Crippen LogP contribution in [0.1, 0.15) is 18.9 Å². The number of hydrogen-bond donors (Lipinski definition) is 3. The normalized spacial score (nSPS) is 33.0. The molecule has 0 amide bonds. The molecule has 3 fully saturated rings. The number of nitrogen functional groups attached to an aromatic ring is 2. The summed E-state index contributed by atoms with van der Waals surface area (Å²) in [5, 5.41) is 11.0.